The molecule has 0 amide bonds. The molecule has 3 nitrogen and oxygen atoms in total. The highest BCUT2D eigenvalue weighted by Gasteiger charge is 2.03. The number of fused-ring (bicyclic) bond motifs is 1. The summed E-state index contributed by atoms with van der Waals surface area (Å²) in [5.41, 5.74) is 1.76. The molecule has 0 aliphatic carbocycles. The number of nitrogens with zero attached hydrogens (tertiary/aromatic N) is 1. The van der Waals surface area contributed by atoms with E-state index < -0.39 is 0 Å². The first kappa shape index (κ1) is 10.1. The third-order valence-electron chi connectivity index (χ3n) is 2.82. The minimum atomic E-state index is -0.0133. The van der Waals surface area contributed by atoms with Crippen LogP contribution in [0, 0.1) is 0 Å². The van der Waals surface area contributed by atoms with Gasteiger partial charge in [-0.1, -0.05) is 36.4 Å². The molecule has 2 N–H and O–H groups in total. The standard InChI is InChI=1S/C14H12N2O/c17-9-13-8-15-14(16-13)12-6-5-10-3-1-2-4-11(10)7-12/h1-8,17H,9H2,(H,15,16). The summed E-state index contributed by atoms with van der Waals surface area (Å²) in [5.74, 6) is 0.791. The molecular formula is C14H12N2O. The van der Waals surface area contributed by atoms with Gasteiger partial charge in [0.25, 0.3) is 0 Å². The zero-order valence-corrected chi connectivity index (χ0v) is 9.22. The predicted octanol–water partition coefficient (Wildman–Crippen LogP) is 2.72. The highest BCUT2D eigenvalue weighted by atomic mass is 16.3. The molecular weight excluding hydrogens is 212 g/mol. The molecule has 3 heteroatoms. The Morgan fingerprint density at radius 1 is 1.06 bits per heavy atom. The van der Waals surface area contributed by atoms with Crippen LogP contribution in [-0.4, -0.2) is 15.1 Å². The van der Waals surface area contributed by atoms with E-state index in [0.717, 1.165) is 17.1 Å². The monoisotopic (exact) mass is 224 g/mol. The molecule has 2 aromatic carbocycles. The Balaban J connectivity index is 2.11. The van der Waals surface area contributed by atoms with E-state index in [-0.39, 0.29) is 6.61 Å². The zero-order valence-electron chi connectivity index (χ0n) is 9.22. The molecule has 0 atom stereocenters. The third-order valence-corrected chi connectivity index (χ3v) is 2.82. The highest BCUT2D eigenvalue weighted by molar-refractivity contribution is 5.86. The summed E-state index contributed by atoms with van der Waals surface area (Å²) in [7, 11) is 0. The van der Waals surface area contributed by atoms with E-state index in [0.29, 0.717) is 0 Å². The average Bonchev–Trinajstić information content (AvgIpc) is 2.87. The van der Waals surface area contributed by atoms with Crippen molar-refractivity contribution in [3.8, 4) is 11.4 Å². The lowest BCUT2D eigenvalue weighted by atomic mass is 10.1. The molecule has 0 aliphatic heterocycles. The second-order valence-electron chi connectivity index (χ2n) is 3.98. The van der Waals surface area contributed by atoms with Crippen molar-refractivity contribution in [3.63, 3.8) is 0 Å². The van der Waals surface area contributed by atoms with Gasteiger partial charge in [-0.3, -0.25) is 0 Å². The summed E-state index contributed by atoms with van der Waals surface area (Å²) in [6, 6.07) is 14.4. The van der Waals surface area contributed by atoms with Gasteiger partial charge in [0.15, 0.2) is 0 Å². The maximum atomic E-state index is 9.00. The number of aromatic nitrogens is 2. The number of rotatable bonds is 2. The third kappa shape index (κ3) is 1.81. The van der Waals surface area contributed by atoms with E-state index in [1.165, 1.54) is 10.8 Å². The van der Waals surface area contributed by atoms with Crippen LogP contribution < -0.4 is 0 Å². The van der Waals surface area contributed by atoms with Crippen molar-refractivity contribution in [1.82, 2.24) is 9.97 Å². The number of imidazole rings is 1. The summed E-state index contributed by atoms with van der Waals surface area (Å²) in [5, 5.41) is 11.4. The molecule has 0 bridgehead atoms. The number of aromatic amines is 1. The zero-order chi connectivity index (χ0) is 11.7. The number of hydrogen-bond acceptors (Lipinski definition) is 2. The fourth-order valence-corrected chi connectivity index (χ4v) is 1.92. The van der Waals surface area contributed by atoms with Crippen LogP contribution in [0.1, 0.15) is 5.69 Å². The lowest BCUT2D eigenvalue weighted by Gasteiger charge is -2.00. The molecule has 0 saturated heterocycles. The van der Waals surface area contributed by atoms with Crippen LogP contribution in [-0.2, 0) is 6.61 Å². The molecule has 17 heavy (non-hydrogen) atoms. The quantitative estimate of drug-likeness (QED) is 0.703. The van der Waals surface area contributed by atoms with E-state index in [1.807, 2.05) is 18.2 Å². The summed E-state index contributed by atoms with van der Waals surface area (Å²) in [4.78, 5) is 7.33. The van der Waals surface area contributed by atoms with E-state index in [9.17, 15) is 0 Å². The molecule has 1 heterocycles. The minimum absolute atomic E-state index is 0.0133. The maximum Gasteiger partial charge on any atom is 0.137 e. The van der Waals surface area contributed by atoms with Crippen molar-refractivity contribution in [2.45, 2.75) is 6.61 Å². The Kier molecular flexibility index (Phi) is 2.38. The van der Waals surface area contributed by atoms with Gasteiger partial charge in [-0.05, 0) is 16.8 Å². The van der Waals surface area contributed by atoms with Gasteiger partial charge in [0.05, 0.1) is 18.5 Å². The average molecular weight is 224 g/mol. The van der Waals surface area contributed by atoms with Gasteiger partial charge in [-0.25, -0.2) is 4.98 Å². The molecule has 0 saturated carbocycles. The van der Waals surface area contributed by atoms with Crippen LogP contribution in [0.4, 0.5) is 0 Å². The fraction of sp³-hybridized carbons (Fsp3) is 0.0714. The lowest BCUT2D eigenvalue weighted by molar-refractivity contribution is 0.277. The molecule has 0 fully saturated rings. The number of aliphatic hydroxyl groups excluding tert-OH is 1. The van der Waals surface area contributed by atoms with Crippen molar-refractivity contribution >= 4 is 10.8 Å². The summed E-state index contributed by atoms with van der Waals surface area (Å²) in [6.07, 6.45) is 1.66. The van der Waals surface area contributed by atoms with Crippen molar-refractivity contribution in [2.24, 2.45) is 0 Å². The van der Waals surface area contributed by atoms with Crippen LogP contribution in [0.15, 0.2) is 48.7 Å². The van der Waals surface area contributed by atoms with Crippen LogP contribution in [0.2, 0.25) is 0 Å². The van der Waals surface area contributed by atoms with Crippen molar-refractivity contribution in [3.05, 3.63) is 54.4 Å². The first-order chi connectivity index (χ1) is 8.36. The second kappa shape index (κ2) is 4.03. The SMILES string of the molecule is OCc1cnc(-c2ccc3ccccc3c2)[nH]1. The fourth-order valence-electron chi connectivity index (χ4n) is 1.92. The smallest absolute Gasteiger partial charge is 0.137 e. The Hall–Kier alpha value is -2.13. The summed E-state index contributed by atoms with van der Waals surface area (Å²) >= 11 is 0. The first-order valence-electron chi connectivity index (χ1n) is 5.51. The summed E-state index contributed by atoms with van der Waals surface area (Å²) < 4.78 is 0. The first-order valence-corrected chi connectivity index (χ1v) is 5.51. The number of hydrogen-bond donors (Lipinski definition) is 2. The van der Waals surface area contributed by atoms with E-state index >= 15 is 0 Å². The number of aliphatic hydroxyl groups is 1. The van der Waals surface area contributed by atoms with Crippen LogP contribution >= 0.6 is 0 Å². The topological polar surface area (TPSA) is 48.9 Å². The molecule has 84 valence electrons. The van der Waals surface area contributed by atoms with Gasteiger partial charge >= 0.3 is 0 Å². The molecule has 0 spiro atoms. The molecule has 3 rings (SSSR count). The van der Waals surface area contributed by atoms with Gasteiger partial charge in [-0.2, -0.15) is 0 Å². The van der Waals surface area contributed by atoms with Crippen molar-refractivity contribution in [1.29, 1.82) is 0 Å². The Labute approximate surface area is 98.8 Å². The van der Waals surface area contributed by atoms with E-state index in [4.69, 9.17) is 5.11 Å². The van der Waals surface area contributed by atoms with Gasteiger partial charge < -0.3 is 10.1 Å². The number of nitrogens with one attached hydrogen (secondary N) is 1. The lowest BCUT2D eigenvalue weighted by Crippen LogP contribution is -1.83. The van der Waals surface area contributed by atoms with Crippen LogP contribution in [0.5, 0.6) is 0 Å². The largest absolute Gasteiger partial charge is 0.390 e. The van der Waals surface area contributed by atoms with E-state index in [2.05, 4.69) is 34.2 Å². The predicted molar refractivity (Wildman–Crippen MR) is 67.5 cm³/mol. The van der Waals surface area contributed by atoms with Crippen LogP contribution in [0.25, 0.3) is 22.2 Å². The highest BCUT2D eigenvalue weighted by Crippen LogP contribution is 2.22. The molecule has 0 unspecified atom stereocenters. The van der Waals surface area contributed by atoms with Crippen LogP contribution in [0.3, 0.4) is 0 Å². The maximum absolute atomic E-state index is 9.00. The molecule has 0 aliphatic rings. The van der Waals surface area contributed by atoms with Gasteiger partial charge in [0, 0.05) is 5.56 Å². The van der Waals surface area contributed by atoms with Gasteiger partial charge in [0.1, 0.15) is 5.82 Å². The molecule has 0 radical (unpaired) electrons. The second-order valence-corrected chi connectivity index (χ2v) is 3.98. The summed E-state index contributed by atoms with van der Waals surface area (Å²) in [6.45, 7) is -0.0133. The number of H-pyrrole nitrogens is 1. The molecule has 3 aromatic rings. The van der Waals surface area contributed by atoms with Gasteiger partial charge in [0.2, 0.25) is 0 Å². The molecule has 1 aromatic heterocycles. The Bertz CT molecular complexity index is 658. The van der Waals surface area contributed by atoms with E-state index in [1.54, 1.807) is 6.20 Å². The normalized spacial score (nSPS) is 10.9. The number of benzene rings is 2. The van der Waals surface area contributed by atoms with Crippen molar-refractivity contribution in [2.75, 3.05) is 0 Å². The van der Waals surface area contributed by atoms with Gasteiger partial charge in [-0.15, -0.1) is 0 Å². The Morgan fingerprint density at radius 2 is 1.88 bits per heavy atom. The minimum Gasteiger partial charge on any atom is -0.390 e. The van der Waals surface area contributed by atoms with Crippen molar-refractivity contribution < 1.29 is 5.11 Å². The Morgan fingerprint density at radius 3 is 2.65 bits per heavy atom.